The lowest BCUT2D eigenvalue weighted by Gasteiger charge is -2.19. The van der Waals surface area contributed by atoms with Gasteiger partial charge in [0.1, 0.15) is 0 Å². The lowest BCUT2D eigenvalue weighted by atomic mass is 10.2. The zero-order chi connectivity index (χ0) is 8.81. The molecule has 2 heteroatoms. The second-order valence-corrected chi connectivity index (χ2v) is 3.51. The molecule has 12 heavy (non-hydrogen) atoms. The third-order valence-corrected chi connectivity index (χ3v) is 2.40. The number of hydrogen-bond donors (Lipinski definition) is 1. The van der Waals surface area contributed by atoms with E-state index < -0.39 is 0 Å². The van der Waals surface area contributed by atoms with Gasteiger partial charge in [-0.25, -0.2) is 0 Å². The molecule has 0 aromatic carbocycles. The van der Waals surface area contributed by atoms with Crippen molar-refractivity contribution in [3.8, 4) is 0 Å². The van der Waals surface area contributed by atoms with Crippen molar-refractivity contribution in [2.45, 2.75) is 20.3 Å². The summed E-state index contributed by atoms with van der Waals surface area (Å²) in [6, 6.07) is 0. The average Bonchev–Trinajstić information content (AvgIpc) is 2.33. The first-order chi connectivity index (χ1) is 5.83. The molecule has 1 heterocycles. The first kappa shape index (κ1) is 9.75. The second-order valence-electron chi connectivity index (χ2n) is 3.51. The van der Waals surface area contributed by atoms with Crippen LogP contribution in [0.1, 0.15) is 20.3 Å². The Labute approximate surface area is 75.6 Å². The smallest absolute Gasteiger partial charge is 0.0190 e. The fourth-order valence-electron chi connectivity index (χ4n) is 1.50. The van der Waals surface area contributed by atoms with Gasteiger partial charge in [0.2, 0.25) is 0 Å². The van der Waals surface area contributed by atoms with Crippen LogP contribution >= 0.6 is 0 Å². The van der Waals surface area contributed by atoms with E-state index >= 15 is 0 Å². The zero-order valence-electron chi connectivity index (χ0n) is 8.27. The summed E-state index contributed by atoms with van der Waals surface area (Å²) in [6.45, 7) is 10.3. The Morgan fingerprint density at radius 3 is 3.00 bits per heavy atom. The van der Waals surface area contributed by atoms with Crippen molar-refractivity contribution in [1.82, 2.24) is 10.2 Å². The van der Waals surface area contributed by atoms with E-state index in [2.05, 4.69) is 30.1 Å². The van der Waals surface area contributed by atoms with Crippen molar-refractivity contribution < 1.29 is 0 Å². The first-order valence-corrected chi connectivity index (χ1v) is 4.88. The molecule has 2 nitrogen and oxygen atoms in total. The molecule has 0 saturated carbocycles. The topological polar surface area (TPSA) is 15.3 Å². The van der Waals surface area contributed by atoms with Gasteiger partial charge in [0.15, 0.2) is 0 Å². The summed E-state index contributed by atoms with van der Waals surface area (Å²) in [5.74, 6) is 0. The largest absolute Gasteiger partial charge is 0.315 e. The summed E-state index contributed by atoms with van der Waals surface area (Å²) in [6.07, 6.45) is 3.50. The van der Waals surface area contributed by atoms with Gasteiger partial charge in [-0.2, -0.15) is 0 Å². The summed E-state index contributed by atoms with van der Waals surface area (Å²) in [5.41, 5.74) is 1.48. The fraction of sp³-hybridized carbons (Fsp3) is 0.800. The summed E-state index contributed by atoms with van der Waals surface area (Å²) < 4.78 is 0. The Hall–Kier alpha value is -0.340. The van der Waals surface area contributed by atoms with E-state index in [0.717, 1.165) is 13.1 Å². The third-order valence-electron chi connectivity index (χ3n) is 2.40. The minimum atomic E-state index is 1.15. The molecule has 0 amide bonds. The lowest BCUT2D eigenvalue weighted by Crippen LogP contribution is -2.29. The molecule has 1 fully saturated rings. The molecule has 0 aromatic rings. The van der Waals surface area contributed by atoms with Crippen LogP contribution in [0.3, 0.4) is 0 Å². The van der Waals surface area contributed by atoms with Crippen LogP contribution in [-0.2, 0) is 0 Å². The van der Waals surface area contributed by atoms with Gasteiger partial charge < -0.3 is 5.32 Å². The maximum atomic E-state index is 3.41. The van der Waals surface area contributed by atoms with Crippen LogP contribution in [0.15, 0.2) is 11.6 Å². The average molecular weight is 168 g/mol. The zero-order valence-corrected chi connectivity index (χ0v) is 8.27. The highest BCUT2D eigenvalue weighted by Crippen LogP contribution is 2.00. The van der Waals surface area contributed by atoms with E-state index in [1.807, 2.05) is 0 Å². The van der Waals surface area contributed by atoms with Gasteiger partial charge in [0.05, 0.1) is 0 Å². The summed E-state index contributed by atoms with van der Waals surface area (Å²) in [4.78, 5) is 2.52. The highest BCUT2D eigenvalue weighted by atomic mass is 15.1. The number of hydrogen-bond acceptors (Lipinski definition) is 2. The molecule has 1 rings (SSSR count). The van der Waals surface area contributed by atoms with E-state index in [1.54, 1.807) is 0 Å². The maximum absolute atomic E-state index is 3.41. The van der Waals surface area contributed by atoms with Gasteiger partial charge in [-0.1, -0.05) is 11.6 Å². The van der Waals surface area contributed by atoms with Crippen molar-refractivity contribution >= 4 is 0 Å². The molecular formula is C10H20N2. The Balaban J connectivity index is 2.29. The lowest BCUT2D eigenvalue weighted by molar-refractivity contribution is 0.317. The minimum absolute atomic E-state index is 1.15. The standard InChI is InChI=1S/C10H20N2/c1-3-10(2)9-12-7-4-5-11-6-8-12/h3,11H,4-9H2,1-2H3/b10-3-. The second kappa shape index (κ2) is 5.33. The van der Waals surface area contributed by atoms with Crippen LogP contribution < -0.4 is 5.32 Å². The molecular weight excluding hydrogens is 148 g/mol. The Morgan fingerprint density at radius 2 is 2.25 bits per heavy atom. The molecule has 70 valence electrons. The summed E-state index contributed by atoms with van der Waals surface area (Å²) in [7, 11) is 0. The van der Waals surface area contributed by atoms with Crippen molar-refractivity contribution in [3.05, 3.63) is 11.6 Å². The van der Waals surface area contributed by atoms with Gasteiger partial charge in [-0.05, 0) is 33.4 Å². The van der Waals surface area contributed by atoms with Crippen LogP contribution in [-0.4, -0.2) is 37.6 Å². The predicted molar refractivity (Wildman–Crippen MR) is 53.4 cm³/mol. The van der Waals surface area contributed by atoms with Crippen molar-refractivity contribution in [3.63, 3.8) is 0 Å². The molecule has 0 atom stereocenters. The Bertz CT molecular complexity index is 144. The van der Waals surface area contributed by atoms with Crippen molar-refractivity contribution in [2.75, 3.05) is 32.7 Å². The minimum Gasteiger partial charge on any atom is -0.315 e. The van der Waals surface area contributed by atoms with Crippen molar-refractivity contribution in [1.29, 1.82) is 0 Å². The van der Waals surface area contributed by atoms with Gasteiger partial charge >= 0.3 is 0 Å². The van der Waals surface area contributed by atoms with E-state index in [4.69, 9.17) is 0 Å². The van der Waals surface area contributed by atoms with Crippen LogP contribution in [0.5, 0.6) is 0 Å². The normalized spacial score (nSPS) is 22.3. The molecule has 1 aliphatic rings. The number of nitrogens with zero attached hydrogens (tertiary/aromatic N) is 1. The maximum Gasteiger partial charge on any atom is 0.0190 e. The molecule has 0 unspecified atom stereocenters. The van der Waals surface area contributed by atoms with Gasteiger partial charge in [0, 0.05) is 19.6 Å². The molecule has 1 aliphatic heterocycles. The van der Waals surface area contributed by atoms with E-state index in [9.17, 15) is 0 Å². The molecule has 0 radical (unpaired) electrons. The monoisotopic (exact) mass is 168 g/mol. The van der Waals surface area contributed by atoms with Crippen LogP contribution in [0, 0.1) is 0 Å². The molecule has 0 aliphatic carbocycles. The molecule has 1 saturated heterocycles. The predicted octanol–water partition coefficient (Wildman–Crippen LogP) is 1.25. The summed E-state index contributed by atoms with van der Waals surface area (Å²) >= 11 is 0. The Morgan fingerprint density at radius 1 is 1.42 bits per heavy atom. The molecule has 1 N–H and O–H groups in total. The number of rotatable bonds is 2. The van der Waals surface area contributed by atoms with E-state index in [0.29, 0.717) is 0 Å². The summed E-state index contributed by atoms with van der Waals surface area (Å²) in [5, 5.41) is 3.41. The number of nitrogens with one attached hydrogen (secondary N) is 1. The fourth-order valence-corrected chi connectivity index (χ4v) is 1.50. The van der Waals surface area contributed by atoms with Crippen LogP contribution in [0.2, 0.25) is 0 Å². The van der Waals surface area contributed by atoms with E-state index in [-0.39, 0.29) is 0 Å². The third kappa shape index (κ3) is 3.37. The SMILES string of the molecule is C/C=C(/C)CN1CCCNCC1. The van der Waals surface area contributed by atoms with E-state index in [1.165, 1.54) is 31.6 Å². The van der Waals surface area contributed by atoms with Gasteiger partial charge in [-0.3, -0.25) is 4.90 Å². The van der Waals surface area contributed by atoms with Gasteiger partial charge in [0.25, 0.3) is 0 Å². The molecule has 0 aromatic heterocycles. The first-order valence-electron chi connectivity index (χ1n) is 4.88. The molecule has 0 spiro atoms. The molecule has 0 bridgehead atoms. The Kier molecular flexibility index (Phi) is 4.33. The van der Waals surface area contributed by atoms with Gasteiger partial charge in [-0.15, -0.1) is 0 Å². The van der Waals surface area contributed by atoms with Crippen LogP contribution in [0.4, 0.5) is 0 Å². The highest BCUT2D eigenvalue weighted by Gasteiger charge is 2.07. The number of allylic oxidation sites excluding steroid dienone is 1. The van der Waals surface area contributed by atoms with Crippen LogP contribution in [0.25, 0.3) is 0 Å². The quantitative estimate of drug-likeness (QED) is 0.624. The van der Waals surface area contributed by atoms with Crippen molar-refractivity contribution in [2.24, 2.45) is 0 Å². The highest BCUT2D eigenvalue weighted by molar-refractivity contribution is 4.98.